The van der Waals surface area contributed by atoms with Gasteiger partial charge in [0.05, 0.1) is 56.6 Å². The van der Waals surface area contributed by atoms with E-state index in [0.29, 0.717) is 36.4 Å². The number of alkyl halides is 6. The molecule has 3 atom stereocenters. The van der Waals surface area contributed by atoms with Crippen LogP contribution in [0.1, 0.15) is 55.1 Å². The largest absolute Gasteiger partial charge is 0.497 e. The Hall–Kier alpha value is -4.74. The van der Waals surface area contributed by atoms with E-state index >= 15 is 0 Å². The number of anilines is 2. The van der Waals surface area contributed by atoms with Crippen molar-refractivity contribution in [2.24, 2.45) is 0 Å². The maximum Gasteiger partial charge on any atom is 0.423 e. The Bertz CT molecular complexity index is 1730. The van der Waals surface area contributed by atoms with Gasteiger partial charge in [0.2, 0.25) is 5.95 Å². The molecular formula is C30H33F6N9O3. The van der Waals surface area contributed by atoms with Crippen LogP contribution in [-0.4, -0.2) is 67.1 Å². The van der Waals surface area contributed by atoms with Gasteiger partial charge in [0.25, 0.3) is 5.56 Å². The molecule has 0 amide bonds. The van der Waals surface area contributed by atoms with E-state index in [1.807, 2.05) is 11.8 Å². The molecule has 1 N–H and O–H groups in total. The molecule has 0 spiro atoms. The van der Waals surface area contributed by atoms with Crippen molar-refractivity contribution in [2.45, 2.75) is 70.3 Å². The van der Waals surface area contributed by atoms with E-state index in [-0.39, 0.29) is 37.8 Å². The lowest BCUT2D eigenvalue weighted by Crippen LogP contribution is -2.42. The number of rotatable bonds is 11. The molecule has 1 fully saturated rings. The Morgan fingerprint density at radius 3 is 2.38 bits per heavy atom. The number of hydrogen-bond donors (Lipinski definition) is 1. The summed E-state index contributed by atoms with van der Waals surface area (Å²) in [7, 11) is 1.49. The van der Waals surface area contributed by atoms with Crippen molar-refractivity contribution in [1.82, 2.24) is 34.7 Å². The van der Waals surface area contributed by atoms with Crippen LogP contribution in [-0.2, 0) is 30.2 Å². The zero-order valence-electron chi connectivity index (χ0n) is 26.2. The standard InChI is InChI=1S/C30H33F6N9O3/c1-18(40-25-13-39-45(27(46)26(25)30(34,35)36)14-20-4-6-24(47-3)7-5-20)16-48-17-22-15-44(42-41-22)23-8-9-43(19(2)10-23)28-37-11-21(12-38-28)29(31,32)33/h4-7,11-13,15,18-19,23,40H,8-10,14,16-17H2,1-3H3. The second-order valence-electron chi connectivity index (χ2n) is 11.5. The number of nitrogens with one attached hydrogen (secondary N) is 1. The number of ether oxygens (including phenoxy) is 2. The zero-order chi connectivity index (χ0) is 34.6. The van der Waals surface area contributed by atoms with Crippen molar-refractivity contribution >= 4 is 11.6 Å². The van der Waals surface area contributed by atoms with E-state index in [2.05, 4.69) is 30.7 Å². The van der Waals surface area contributed by atoms with Gasteiger partial charge >= 0.3 is 12.4 Å². The third kappa shape index (κ3) is 8.21. The average molecular weight is 682 g/mol. The Kier molecular flexibility index (Phi) is 10.2. The number of benzene rings is 1. The van der Waals surface area contributed by atoms with E-state index in [9.17, 15) is 31.1 Å². The molecule has 1 aliphatic heterocycles. The molecule has 12 nitrogen and oxygen atoms in total. The van der Waals surface area contributed by atoms with E-state index in [1.54, 1.807) is 42.1 Å². The van der Waals surface area contributed by atoms with Gasteiger partial charge in [0.15, 0.2) is 0 Å². The van der Waals surface area contributed by atoms with Crippen LogP contribution >= 0.6 is 0 Å². The summed E-state index contributed by atoms with van der Waals surface area (Å²) >= 11 is 0. The Morgan fingerprint density at radius 2 is 1.75 bits per heavy atom. The first-order valence-electron chi connectivity index (χ1n) is 14.9. The second-order valence-corrected chi connectivity index (χ2v) is 11.5. The van der Waals surface area contributed by atoms with Crippen LogP contribution in [0, 0.1) is 0 Å². The molecule has 3 unspecified atom stereocenters. The molecule has 18 heteroatoms. The molecule has 0 saturated carbocycles. The molecule has 4 aromatic rings. The number of nitrogens with zero attached hydrogens (tertiary/aromatic N) is 8. The number of hydrogen-bond acceptors (Lipinski definition) is 10. The predicted molar refractivity (Wildman–Crippen MR) is 160 cm³/mol. The van der Waals surface area contributed by atoms with Gasteiger partial charge in [-0.15, -0.1) is 5.10 Å². The zero-order valence-corrected chi connectivity index (χ0v) is 26.2. The molecule has 5 rings (SSSR count). The number of aromatic nitrogens is 7. The van der Waals surface area contributed by atoms with E-state index in [0.717, 1.165) is 23.3 Å². The Morgan fingerprint density at radius 1 is 1.04 bits per heavy atom. The first kappa shape index (κ1) is 34.6. The quantitative estimate of drug-likeness (QED) is 0.217. The minimum absolute atomic E-state index is 0.0123. The summed E-state index contributed by atoms with van der Waals surface area (Å²) in [6.07, 6.45) is -3.97. The lowest BCUT2D eigenvalue weighted by Gasteiger charge is -2.37. The molecule has 0 aliphatic carbocycles. The van der Waals surface area contributed by atoms with Gasteiger partial charge in [-0.05, 0) is 44.4 Å². The van der Waals surface area contributed by atoms with Gasteiger partial charge in [-0.1, -0.05) is 17.3 Å². The average Bonchev–Trinajstić information content (AvgIpc) is 3.51. The van der Waals surface area contributed by atoms with Crippen molar-refractivity contribution in [3.8, 4) is 5.75 Å². The van der Waals surface area contributed by atoms with Gasteiger partial charge in [-0.25, -0.2) is 19.3 Å². The smallest absolute Gasteiger partial charge is 0.423 e. The first-order valence-corrected chi connectivity index (χ1v) is 14.9. The van der Waals surface area contributed by atoms with Crippen LogP contribution in [0.5, 0.6) is 5.75 Å². The number of halogens is 6. The third-order valence-corrected chi connectivity index (χ3v) is 7.84. The fourth-order valence-corrected chi connectivity index (χ4v) is 5.39. The monoisotopic (exact) mass is 681 g/mol. The van der Waals surface area contributed by atoms with Crippen molar-refractivity contribution in [2.75, 3.05) is 30.5 Å². The van der Waals surface area contributed by atoms with Crippen LogP contribution in [0.2, 0.25) is 0 Å². The molecule has 4 heterocycles. The van der Waals surface area contributed by atoms with Gasteiger partial charge < -0.3 is 19.7 Å². The van der Waals surface area contributed by atoms with E-state index in [1.165, 1.54) is 7.11 Å². The van der Waals surface area contributed by atoms with Crippen LogP contribution in [0.4, 0.5) is 38.0 Å². The Labute approximate surface area is 270 Å². The molecule has 0 radical (unpaired) electrons. The van der Waals surface area contributed by atoms with Gasteiger partial charge in [0, 0.05) is 31.0 Å². The van der Waals surface area contributed by atoms with E-state index in [4.69, 9.17) is 9.47 Å². The summed E-state index contributed by atoms with van der Waals surface area (Å²) < 4.78 is 93.8. The highest BCUT2D eigenvalue weighted by molar-refractivity contribution is 5.50. The summed E-state index contributed by atoms with van der Waals surface area (Å²) in [5.41, 5.74) is -2.92. The van der Waals surface area contributed by atoms with Crippen molar-refractivity contribution in [1.29, 1.82) is 0 Å². The second kappa shape index (κ2) is 14.2. The van der Waals surface area contributed by atoms with Crippen LogP contribution < -0.4 is 20.5 Å². The van der Waals surface area contributed by atoms with Crippen molar-refractivity contribution < 1.29 is 35.8 Å². The fraction of sp³-hybridized carbons (Fsp3) is 0.467. The summed E-state index contributed by atoms with van der Waals surface area (Å²) in [5, 5.41) is 15.0. The van der Waals surface area contributed by atoms with Crippen LogP contribution in [0.15, 0.2) is 53.8 Å². The van der Waals surface area contributed by atoms with Gasteiger partial charge in [-0.3, -0.25) is 4.79 Å². The van der Waals surface area contributed by atoms with Crippen molar-refractivity contribution in [3.63, 3.8) is 0 Å². The highest BCUT2D eigenvalue weighted by Gasteiger charge is 2.38. The molecule has 1 aliphatic rings. The summed E-state index contributed by atoms with van der Waals surface area (Å²) in [4.78, 5) is 22.5. The maximum absolute atomic E-state index is 14.0. The number of piperidine rings is 1. The molecule has 1 aromatic carbocycles. The first-order chi connectivity index (χ1) is 22.7. The molecule has 0 bridgehead atoms. The van der Waals surface area contributed by atoms with Crippen LogP contribution in [0.25, 0.3) is 0 Å². The van der Waals surface area contributed by atoms with Gasteiger partial charge in [-0.2, -0.15) is 31.4 Å². The lowest BCUT2D eigenvalue weighted by molar-refractivity contribution is -0.139. The predicted octanol–water partition coefficient (Wildman–Crippen LogP) is 4.97. The summed E-state index contributed by atoms with van der Waals surface area (Å²) in [6, 6.07) is 5.79. The minimum atomic E-state index is -4.93. The Balaban J connectivity index is 1.14. The summed E-state index contributed by atoms with van der Waals surface area (Å²) in [6.45, 7) is 3.89. The molecule has 258 valence electrons. The lowest BCUT2D eigenvalue weighted by atomic mass is 9.99. The molecular weight excluding hydrogens is 648 g/mol. The minimum Gasteiger partial charge on any atom is -0.497 e. The highest BCUT2D eigenvalue weighted by Crippen LogP contribution is 2.33. The normalized spacial score (nSPS) is 17.7. The third-order valence-electron chi connectivity index (χ3n) is 7.84. The topological polar surface area (TPSA) is 125 Å². The van der Waals surface area contributed by atoms with E-state index < -0.39 is 40.8 Å². The molecule has 1 saturated heterocycles. The summed E-state index contributed by atoms with van der Waals surface area (Å²) in [5.74, 6) is 0.788. The molecule has 3 aromatic heterocycles. The SMILES string of the molecule is COc1ccc(Cn2ncc(NC(C)COCc3cn(C4CCN(c5ncc(C(F)(F)F)cn5)C(C)C4)nn3)c(C(F)(F)F)c2=O)cc1. The fourth-order valence-electron chi connectivity index (χ4n) is 5.39. The maximum atomic E-state index is 14.0. The molecule has 48 heavy (non-hydrogen) atoms. The van der Waals surface area contributed by atoms with Crippen LogP contribution in [0.3, 0.4) is 0 Å². The van der Waals surface area contributed by atoms with Gasteiger partial charge in [0.1, 0.15) is 17.0 Å². The number of methoxy groups -OCH3 is 1. The highest BCUT2D eigenvalue weighted by atomic mass is 19.4. The van der Waals surface area contributed by atoms with Crippen molar-refractivity contribution in [3.05, 3.63) is 81.8 Å².